The molecule has 5 nitrogen and oxygen atoms in total. The van der Waals surface area contributed by atoms with Gasteiger partial charge in [0.2, 0.25) is 5.91 Å². The lowest BCUT2D eigenvalue weighted by Crippen LogP contribution is -2.07. The van der Waals surface area contributed by atoms with Gasteiger partial charge in [0.05, 0.1) is 12.7 Å². The molecular weight excluding hydrogens is 326 g/mol. The van der Waals surface area contributed by atoms with Crippen LogP contribution in [0, 0.1) is 0 Å². The van der Waals surface area contributed by atoms with Crippen LogP contribution in [0.25, 0.3) is 6.08 Å². The molecular formula is C21H19N3O2. The van der Waals surface area contributed by atoms with Crippen LogP contribution in [0.15, 0.2) is 73.1 Å². The van der Waals surface area contributed by atoms with Crippen molar-refractivity contribution in [2.24, 2.45) is 0 Å². The summed E-state index contributed by atoms with van der Waals surface area (Å²) >= 11 is 0. The Kier molecular flexibility index (Phi) is 5.39. The second kappa shape index (κ2) is 8.07. The van der Waals surface area contributed by atoms with Crippen molar-refractivity contribution in [3.8, 4) is 0 Å². The summed E-state index contributed by atoms with van der Waals surface area (Å²) in [4.78, 5) is 23.3. The third kappa shape index (κ3) is 4.77. The molecule has 3 aromatic rings. The number of carbonyl (C=O) groups excluding carboxylic acids is 2. The van der Waals surface area contributed by atoms with Gasteiger partial charge < -0.3 is 5.32 Å². The van der Waals surface area contributed by atoms with Crippen LogP contribution in [-0.4, -0.2) is 21.5 Å². The van der Waals surface area contributed by atoms with Crippen molar-refractivity contribution in [2.75, 3.05) is 5.32 Å². The van der Waals surface area contributed by atoms with Gasteiger partial charge in [-0.2, -0.15) is 5.10 Å². The summed E-state index contributed by atoms with van der Waals surface area (Å²) in [6, 6.07) is 16.8. The van der Waals surface area contributed by atoms with Crippen LogP contribution in [-0.2, 0) is 11.3 Å². The molecule has 1 N–H and O–H groups in total. The number of anilines is 1. The number of aromatic nitrogens is 2. The smallest absolute Gasteiger partial charge is 0.248 e. The lowest BCUT2D eigenvalue weighted by atomic mass is 10.1. The van der Waals surface area contributed by atoms with Gasteiger partial charge in [-0.15, -0.1) is 0 Å². The lowest BCUT2D eigenvalue weighted by Gasteiger charge is -2.02. The first-order chi connectivity index (χ1) is 12.6. The average Bonchev–Trinajstić information content (AvgIpc) is 3.09. The first kappa shape index (κ1) is 17.4. The van der Waals surface area contributed by atoms with E-state index in [0.29, 0.717) is 17.8 Å². The maximum absolute atomic E-state index is 12.0. The summed E-state index contributed by atoms with van der Waals surface area (Å²) < 4.78 is 1.83. The average molecular weight is 345 g/mol. The number of ketones is 1. The Bertz CT molecular complexity index is 925. The van der Waals surface area contributed by atoms with Crippen molar-refractivity contribution < 1.29 is 9.59 Å². The summed E-state index contributed by atoms with van der Waals surface area (Å²) in [5.74, 6) is -0.244. The highest BCUT2D eigenvalue weighted by molar-refractivity contribution is 6.02. The van der Waals surface area contributed by atoms with E-state index >= 15 is 0 Å². The maximum atomic E-state index is 12.0. The quantitative estimate of drug-likeness (QED) is 0.546. The van der Waals surface area contributed by atoms with E-state index in [9.17, 15) is 9.59 Å². The van der Waals surface area contributed by atoms with Crippen LogP contribution in [0.1, 0.15) is 28.4 Å². The second-order valence-corrected chi connectivity index (χ2v) is 5.91. The Morgan fingerprint density at radius 3 is 2.50 bits per heavy atom. The summed E-state index contributed by atoms with van der Waals surface area (Å²) in [5, 5.41) is 7.06. The van der Waals surface area contributed by atoms with E-state index in [2.05, 4.69) is 10.4 Å². The molecule has 3 rings (SSSR count). The van der Waals surface area contributed by atoms with Crippen LogP contribution in [0.3, 0.4) is 0 Å². The van der Waals surface area contributed by atoms with Crippen molar-refractivity contribution in [3.63, 3.8) is 0 Å². The Morgan fingerprint density at radius 1 is 1.08 bits per heavy atom. The molecule has 1 heterocycles. The van der Waals surface area contributed by atoms with Crippen molar-refractivity contribution in [1.29, 1.82) is 0 Å². The van der Waals surface area contributed by atoms with Gasteiger partial charge in [0.1, 0.15) is 0 Å². The minimum atomic E-state index is -0.239. The molecule has 0 fully saturated rings. The van der Waals surface area contributed by atoms with E-state index in [-0.39, 0.29) is 11.7 Å². The Balaban J connectivity index is 1.57. The first-order valence-corrected chi connectivity index (χ1v) is 8.26. The molecule has 5 heteroatoms. The zero-order valence-corrected chi connectivity index (χ0v) is 14.4. The maximum Gasteiger partial charge on any atom is 0.248 e. The molecule has 0 bridgehead atoms. The van der Waals surface area contributed by atoms with Crippen LogP contribution < -0.4 is 5.32 Å². The summed E-state index contributed by atoms with van der Waals surface area (Å²) in [5.41, 5.74) is 3.27. The Morgan fingerprint density at radius 2 is 1.81 bits per heavy atom. The number of hydrogen-bond donors (Lipinski definition) is 1. The molecule has 1 aromatic heterocycles. The van der Waals surface area contributed by atoms with Gasteiger partial charge in [-0.1, -0.05) is 30.3 Å². The van der Waals surface area contributed by atoms with Crippen molar-refractivity contribution in [3.05, 3.63) is 89.8 Å². The number of carbonyl (C=O) groups is 2. The van der Waals surface area contributed by atoms with E-state index in [1.165, 1.54) is 13.0 Å². The van der Waals surface area contributed by atoms with Gasteiger partial charge >= 0.3 is 0 Å². The summed E-state index contributed by atoms with van der Waals surface area (Å²) in [7, 11) is 0. The van der Waals surface area contributed by atoms with Gasteiger partial charge in [0.15, 0.2) is 5.78 Å². The fourth-order valence-corrected chi connectivity index (χ4v) is 2.47. The standard InChI is InChI=1S/C21H19N3O2/c1-16(25)19-8-10-20(11-9-19)23-21(26)12-7-18-13-22-24(15-18)14-17-5-3-2-4-6-17/h2-13,15H,14H2,1H3,(H,23,26)/b12-7+. The van der Waals surface area contributed by atoms with Crippen LogP contribution in [0.4, 0.5) is 5.69 Å². The predicted octanol–water partition coefficient (Wildman–Crippen LogP) is 3.79. The van der Waals surface area contributed by atoms with Crippen LogP contribution in [0.2, 0.25) is 0 Å². The monoisotopic (exact) mass is 345 g/mol. The van der Waals surface area contributed by atoms with Gasteiger partial charge in [0.25, 0.3) is 0 Å². The molecule has 0 atom stereocenters. The predicted molar refractivity (Wildman–Crippen MR) is 102 cm³/mol. The molecule has 0 aliphatic rings. The molecule has 0 unspecified atom stereocenters. The van der Waals surface area contributed by atoms with Gasteiger partial charge in [0, 0.05) is 29.1 Å². The topological polar surface area (TPSA) is 64.0 Å². The number of Topliss-reactive ketones (excluding diaryl/α,β-unsaturated/α-hetero) is 1. The summed E-state index contributed by atoms with van der Waals surface area (Å²) in [6.45, 7) is 2.19. The van der Waals surface area contributed by atoms with Gasteiger partial charge in [-0.3, -0.25) is 14.3 Å². The fraction of sp³-hybridized carbons (Fsp3) is 0.0952. The first-order valence-electron chi connectivity index (χ1n) is 8.26. The molecule has 26 heavy (non-hydrogen) atoms. The largest absolute Gasteiger partial charge is 0.323 e. The molecule has 0 aliphatic carbocycles. The third-order valence-electron chi connectivity index (χ3n) is 3.83. The van der Waals surface area contributed by atoms with Gasteiger partial charge in [-0.05, 0) is 42.8 Å². The molecule has 2 aromatic carbocycles. The number of benzene rings is 2. The van der Waals surface area contributed by atoms with Crippen molar-refractivity contribution >= 4 is 23.5 Å². The SMILES string of the molecule is CC(=O)c1ccc(NC(=O)/C=C/c2cnn(Cc3ccccc3)c2)cc1. The Labute approximate surface area is 152 Å². The molecule has 130 valence electrons. The Hall–Kier alpha value is -3.47. The number of rotatable bonds is 6. The number of nitrogens with one attached hydrogen (secondary N) is 1. The molecule has 0 saturated heterocycles. The molecule has 0 saturated carbocycles. The number of amides is 1. The van der Waals surface area contributed by atoms with E-state index < -0.39 is 0 Å². The highest BCUT2D eigenvalue weighted by atomic mass is 16.1. The van der Waals surface area contributed by atoms with E-state index in [1.807, 2.05) is 41.2 Å². The van der Waals surface area contributed by atoms with E-state index in [1.54, 1.807) is 36.5 Å². The lowest BCUT2D eigenvalue weighted by molar-refractivity contribution is -0.111. The zero-order chi connectivity index (χ0) is 18.4. The minimum Gasteiger partial charge on any atom is -0.323 e. The van der Waals surface area contributed by atoms with Gasteiger partial charge in [-0.25, -0.2) is 0 Å². The third-order valence-corrected chi connectivity index (χ3v) is 3.83. The highest BCUT2D eigenvalue weighted by Gasteiger charge is 2.02. The minimum absolute atomic E-state index is 0.00436. The van der Waals surface area contributed by atoms with Crippen molar-refractivity contribution in [2.45, 2.75) is 13.5 Å². The highest BCUT2D eigenvalue weighted by Crippen LogP contribution is 2.11. The van der Waals surface area contributed by atoms with E-state index in [4.69, 9.17) is 0 Å². The second-order valence-electron chi connectivity index (χ2n) is 5.91. The fourth-order valence-electron chi connectivity index (χ4n) is 2.47. The summed E-state index contributed by atoms with van der Waals surface area (Å²) in [6.07, 6.45) is 6.78. The molecule has 0 aliphatic heterocycles. The molecule has 0 radical (unpaired) electrons. The normalized spacial score (nSPS) is 10.8. The number of hydrogen-bond acceptors (Lipinski definition) is 3. The van der Waals surface area contributed by atoms with E-state index in [0.717, 1.165) is 11.1 Å². The molecule has 0 spiro atoms. The van der Waals surface area contributed by atoms with Crippen LogP contribution >= 0.6 is 0 Å². The van der Waals surface area contributed by atoms with Crippen LogP contribution in [0.5, 0.6) is 0 Å². The zero-order valence-electron chi connectivity index (χ0n) is 14.4. The number of nitrogens with zero attached hydrogens (tertiary/aromatic N) is 2. The molecule has 1 amide bonds. The van der Waals surface area contributed by atoms with Crippen molar-refractivity contribution in [1.82, 2.24) is 9.78 Å².